The zero-order valence-electron chi connectivity index (χ0n) is 9.78. The Morgan fingerprint density at radius 1 is 1.13 bits per heavy atom. The van der Waals surface area contributed by atoms with Crippen LogP contribution in [0.5, 0.6) is 0 Å². The molecular weight excluding hydrogens is 192 g/mol. The van der Waals surface area contributed by atoms with Crippen LogP contribution in [0.25, 0.3) is 0 Å². The van der Waals surface area contributed by atoms with E-state index in [-0.39, 0.29) is 12.4 Å². The van der Waals surface area contributed by atoms with E-state index >= 15 is 0 Å². The fourth-order valence-electron chi connectivity index (χ4n) is 1.87. The molecule has 1 atom stereocenters. The van der Waals surface area contributed by atoms with Gasteiger partial charge in [-0.1, -0.05) is 39.0 Å². The predicted octanol–water partition coefficient (Wildman–Crippen LogP) is 2.47. The van der Waals surface area contributed by atoms with Crippen LogP contribution in [-0.2, 0) is 9.47 Å². The number of unbranched alkanes of at least 4 members (excludes halogenated alkanes) is 4. The highest BCUT2D eigenvalue weighted by molar-refractivity contribution is 4.61. The summed E-state index contributed by atoms with van der Waals surface area (Å²) in [6.45, 7) is 3.56. The first-order chi connectivity index (χ1) is 7.33. The number of aliphatic hydroxyl groups excluding tert-OH is 1. The van der Waals surface area contributed by atoms with Crippen molar-refractivity contribution in [2.75, 3.05) is 13.2 Å². The van der Waals surface area contributed by atoms with Crippen molar-refractivity contribution in [3.63, 3.8) is 0 Å². The maximum atomic E-state index is 9.71. The molecule has 1 unspecified atom stereocenters. The lowest BCUT2D eigenvalue weighted by Gasteiger charge is -2.14. The predicted molar refractivity (Wildman–Crippen MR) is 59.7 cm³/mol. The van der Waals surface area contributed by atoms with Gasteiger partial charge in [0.1, 0.15) is 0 Å². The number of hydrogen-bond donors (Lipinski definition) is 1. The molecule has 0 saturated carbocycles. The Bertz CT molecular complexity index is 144. The lowest BCUT2D eigenvalue weighted by molar-refractivity contribution is -0.0712. The molecule has 0 bridgehead atoms. The standard InChI is InChI=1S/C12H24O3/c1-2-3-4-5-6-7-11(13)10-12-14-8-9-15-12/h11-13H,2-10H2,1H3. The highest BCUT2D eigenvalue weighted by atomic mass is 16.7. The van der Waals surface area contributed by atoms with Gasteiger partial charge in [-0.3, -0.25) is 0 Å². The summed E-state index contributed by atoms with van der Waals surface area (Å²) in [5.41, 5.74) is 0. The molecule has 1 aliphatic heterocycles. The summed E-state index contributed by atoms with van der Waals surface area (Å²) in [5, 5.41) is 9.71. The second kappa shape index (κ2) is 8.08. The van der Waals surface area contributed by atoms with Crippen LogP contribution in [-0.4, -0.2) is 30.7 Å². The van der Waals surface area contributed by atoms with E-state index in [2.05, 4.69) is 6.92 Å². The van der Waals surface area contributed by atoms with E-state index in [4.69, 9.17) is 9.47 Å². The molecule has 0 amide bonds. The van der Waals surface area contributed by atoms with E-state index in [1.165, 1.54) is 25.7 Å². The Morgan fingerprint density at radius 3 is 2.47 bits per heavy atom. The van der Waals surface area contributed by atoms with E-state index in [0.29, 0.717) is 19.6 Å². The van der Waals surface area contributed by atoms with Gasteiger partial charge in [-0.25, -0.2) is 0 Å². The number of hydrogen-bond acceptors (Lipinski definition) is 3. The zero-order valence-corrected chi connectivity index (χ0v) is 9.78. The Balaban J connectivity index is 1.91. The normalized spacial score (nSPS) is 19.6. The molecule has 0 aromatic rings. The maximum absolute atomic E-state index is 9.71. The van der Waals surface area contributed by atoms with Crippen molar-refractivity contribution in [2.45, 2.75) is 64.3 Å². The summed E-state index contributed by atoms with van der Waals surface area (Å²) < 4.78 is 10.6. The molecule has 15 heavy (non-hydrogen) atoms. The van der Waals surface area contributed by atoms with E-state index in [0.717, 1.165) is 12.8 Å². The Hall–Kier alpha value is -0.120. The molecule has 1 saturated heterocycles. The van der Waals surface area contributed by atoms with E-state index in [9.17, 15) is 5.11 Å². The summed E-state index contributed by atoms with van der Waals surface area (Å²) in [7, 11) is 0. The fourth-order valence-corrected chi connectivity index (χ4v) is 1.87. The van der Waals surface area contributed by atoms with Gasteiger partial charge in [0.05, 0.1) is 19.3 Å². The molecule has 1 rings (SSSR count). The van der Waals surface area contributed by atoms with Crippen molar-refractivity contribution < 1.29 is 14.6 Å². The molecule has 0 aromatic carbocycles. The van der Waals surface area contributed by atoms with Gasteiger partial charge in [0.25, 0.3) is 0 Å². The summed E-state index contributed by atoms with van der Waals surface area (Å²) in [6, 6.07) is 0. The smallest absolute Gasteiger partial charge is 0.160 e. The largest absolute Gasteiger partial charge is 0.393 e. The highest BCUT2D eigenvalue weighted by Crippen LogP contribution is 2.15. The van der Waals surface area contributed by atoms with Gasteiger partial charge in [-0.15, -0.1) is 0 Å². The van der Waals surface area contributed by atoms with Crippen LogP contribution in [0, 0.1) is 0 Å². The second-order valence-corrected chi connectivity index (χ2v) is 4.26. The second-order valence-electron chi connectivity index (χ2n) is 4.26. The third-order valence-corrected chi connectivity index (χ3v) is 2.80. The maximum Gasteiger partial charge on any atom is 0.160 e. The van der Waals surface area contributed by atoms with E-state index < -0.39 is 0 Å². The number of aliphatic hydroxyl groups is 1. The highest BCUT2D eigenvalue weighted by Gasteiger charge is 2.19. The van der Waals surface area contributed by atoms with Crippen molar-refractivity contribution >= 4 is 0 Å². The first-order valence-electron chi connectivity index (χ1n) is 6.24. The third kappa shape index (κ3) is 6.13. The Kier molecular flexibility index (Phi) is 6.98. The van der Waals surface area contributed by atoms with Crippen molar-refractivity contribution in [1.82, 2.24) is 0 Å². The molecule has 90 valence electrons. The number of rotatable bonds is 8. The molecular formula is C12H24O3. The summed E-state index contributed by atoms with van der Waals surface area (Å²) in [4.78, 5) is 0. The minimum atomic E-state index is -0.255. The molecule has 3 heteroatoms. The van der Waals surface area contributed by atoms with E-state index in [1.54, 1.807) is 0 Å². The molecule has 0 spiro atoms. The average molecular weight is 216 g/mol. The van der Waals surface area contributed by atoms with Gasteiger partial charge in [0, 0.05) is 6.42 Å². The van der Waals surface area contributed by atoms with Crippen molar-refractivity contribution in [3.8, 4) is 0 Å². The molecule has 0 radical (unpaired) electrons. The van der Waals surface area contributed by atoms with Crippen molar-refractivity contribution in [2.24, 2.45) is 0 Å². The lowest BCUT2D eigenvalue weighted by atomic mass is 10.1. The van der Waals surface area contributed by atoms with Gasteiger partial charge in [0.15, 0.2) is 6.29 Å². The minimum Gasteiger partial charge on any atom is -0.393 e. The summed E-state index contributed by atoms with van der Waals surface area (Å²) >= 11 is 0. The topological polar surface area (TPSA) is 38.7 Å². The van der Waals surface area contributed by atoms with Crippen LogP contribution in [0.3, 0.4) is 0 Å². The van der Waals surface area contributed by atoms with Gasteiger partial charge in [0.2, 0.25) is 0 Å². The molecule has 1 aliphatic rings. The minimum absolute atomic E-state index is 0.157. The molecule has 1 N–H and O–H groups in total. The lowest BCUT2D eigenvalue weighted by Crippen LogP contribution is -2.18. The first kappa shape index (κ1) is 12.9. The summed E-state index contributed by atoms with van der Waals surface area (Å²) in [5.74, 6) is 0. The molecule has 0 aromatic heterocycles. The first-order valence-corrected chi connectivity index (χ1v) is 6.24. The zero-order chi connectivity index (χ0) is 10.9. The van der Waals surface area contributed by atoms with Crippen LogP contribution in [0.2, 0.25) is 0 Å². The molecule has 3 nitrogen and oxygen atoms in total. The van der Waals surface area contributed by atoms with Gasteiger partial charge in [-0.05, 0) is 6.42 Å². The summed E-state index contributed by atoms with van der Waals surface area (Å²) in [6.07, 6.45) is 7.33. The Labute approximate surface area is 92.8 Å². The van der Waals surface area contributed by atoms with Crippen LogP contribution in [0.4, 0.5) is 0 Å². The van der Waals surface area contributed by atoms with Gasteiger partial charge < -0.3 is 14.6 Å². The quantitative estimate of drug-likeness (QED) is 0.633. The molecule has 1 heterocycles. The van der Waals surface area contributed by atoms with Gasteiger partial charge >= 0.3 is 0 Å². The van der Waals surface area contributed by atoms with Crippen LogP contribution < -0.4 is 0 Å². The Morgan fingerprint density at radius 2 is 1.80 bits per heavy atom. The van der Waals surface area contributed by atoms with Crippen LogP contribution in [0.15, 0.2) is 0 Å². The van der Waals surface area contributed by atoms with Gasteiger partial charge in [-0.2, -0.15) is 0 Å². The monoisotopic (exact) mass is 216 g/mol. The van der Waals surface area contributed by atoms with Crippen LogP contribution in [0.1, 0.15) is 51.9 Å². The fraction of sp³-hybridized carbons (Fsp3) is 1.00. The van der Waals surface area contributed by atoms with Crippen molar-refractivity contribution in [1.29, 1.82) is 0 Å². The van der Waals surface area contributed by atoms with Crippen molar-refractivity contribution in [3.05, 3.63) is 0 Å². The molecule has 0 aliphatic carbocycles. The van der Waals surface area contributed by atoms with Crippen LogP contribution >= 0.6 is 0 Å². The number of ether oxygens (including phenoxy) is 2. The average Bonchev–Trinajstić information content (AvgIpc) is 2.70. The van der Waals surface area contributed by atoms with E-state index in [1.807, 2.05) is 0 Å². The molecule has 1 fully saturated rings. The third-order valence-electron chi connectivity index (χ3n) is 2.80. The SMILES string of the molecule is CCCCCCCC(O)CC1OCCO1.